The molecule has 0 aliphatic heterocycles. The molecule has 2 aromatic heterocycles. The van der Waals surface area contributed by atoms with E-state index in [-0.39, 0.29) is 12.4 Å². The first kappa shape index (κ1) is 18.5. The first-order chi connectivity index (χ1) is 12.5. The number of anilines is 1. The molecule has 3 rings (SSSR count). The average Bonchev–Trinajstić information content (AvgIpc) is 3.21. The topological polar surface area (TPSA) is 55.6 Å². The minimum Gasteiger partial charge on any atom is -0.466 e. The van der Waals surface area contributed by atoms with Crippen molar-refractivity contribution in [1.29, 1.82) is 0 Å². The van der Waals surface area contributed by atoms with Gasteiger partial charge in [-0.15, -0.1) is 11.3 Å². The molecule has 2 heterocycles. The summed E-state index contributed by atoms with van der Waals surface area (Å²) in [5.74, 6) is 0.690. The lowest BCUT2D eigenvalue weighted by molar-refractivity contribution is -0.142. The van der Waals surface area contributed by atoms with E-state index >= 15 is 0 Å². The van der Waals surface area contributed by atoms with Gasteiger partial charge in [0.25, 0.3) is 0 Å². The van der Waals surface area contributed by atoms with Gasteiger partial charge in [0.1, 0.15) is 0 Å². The number of hydrogen-bond donors (Lipinski definition) is 0. The molecular formula is C19H19ClN2O3S. The average molecular weight is 391 g/mol. The Labute approximate surface area is 161 Å². The van der Waals surface area contributed by atoms with Crippen LogP contribution < -0.4 is 4.90 Å². The monoisotopic (exact) mass is 390 g/mol. The Kier molecular flexibility index (Phi) is 5.64. The van der Waals surface area contributed by atoms with Crippen molar-refractivity contribution in [3.63, 3.8) is 0 Å². The van der Waals surface area contributed by atoms with Crippen LogP contribution in [-0.4, -0.2) is 31.7 Å². The van der Waals surface area contributed by atoms with Gasteiger partial charge >= 0.3 is 5.97 Å². The summed E-state index contributed by atoms with van der Waals surface area (Å²) in [6.45, 7) is 2.11. The van der Waals surface area contributed by atoms with Crippen LogP contribution in [0.1, 0.15) is 12.6 Å². The summed E-state index contributed by atoms with van der Waals surface area (Å²) in [7, 11) is 3.96. The number of benzene rings is 1. The van der Waals surface area contributed by atoms with E-state index in [1.807, 2.05) is 49.3 Å². The van der Waals surface area contributed by atoms with Gasteiger partial charge in [0, 0.05) is 25.3 Å². The van der Waals surface area contributed by atoms with Crippen molar-refractivity contribution in [2.75, 3.05) is 25.6 Å². The highest BCUT2D eigenvalue weighted by Gasteiger charge is 2.20. The van der Waals surface area contributed by atoms with Crippen molar-refractivity contribution in [3.05, 3.63) is 46.4 Å². The van der Waals surface area contributed by atoms with Crippen LogP contribution in [0.25, 0.3) is 22.1 Å². The van der Waals surface area contributed by atoms with Gasteiger partial charge in [-0.25, -0.2) is 4.98 Å². The normalized spacial score (nSPS) is 10.8. The Morgan fingerprint density at radius 1 is 1.23 bits per heavy atom. The van der Waals surface area contributed by atoms with Crippen molar-refractivity contribution in [1.82, 2.24) is 4.98 Å². The number of esters is 1. The highest BCUT2D eigenvalue weighted by atomic mass is 35.5. The second kappa shape index (κ2) is 7.93. The maximum atomic E-state index is 11.9. The smallest absolute Gasteiger partial charge is 0.312 e. The fourth-order valence-corrected chi connectivity index (χ4v) is 3.52. The SMILES string of the molecule is CCOC(=O)Cc1nc(-c2ccc(N(C)C)cc2)oc1-c1ccc(Cl)s1. The van der Waals surface area contributed by atoms with Gasteiger partial charge in [-0.2, -0.15) is 0 Å². The second-order valence-corrected chi connectivity index (χ2v) is 7.54. The van der Waals surface area contributed by atoms with E-state index in [1.54, 1.807) is 13.0 Å². The summed E-state index contributed by atoms with van der Waals surface area (Å²) < 4.78 is 11.7. The van der Waals surface area contributed by atoms with Crippen LogP contribution in [-0.2, 0) is 16.0 Å². The highest BCUT2D eigenvalue weighted by molar-refractivity contribution is 7.19. The maximum Gasteiger partial charge on any atom is 0.312 e. The zero-order chi connectivity index (χ0) is 18.7. The number of nitrogens with zero attached hydrogens (tertiary/aromatic N) is 2. The summed E-state index contributed by atoms with van der Waals surface area (Å²) in [4.78, 5) is 19.3. The van der Waals surface area contributed by atoms with Crippen LogP contribution in [0.4, 0.5) is 5.69 Å². The number of carbonyl (C=O) groups is 1. The maximum absolute atomic E-state index is 11.9. The molecule has 3 aromatic rings. The van der Waals surface area contributed by atoms with Gasteiger partial charge < -0.3 is 14.1 Å². The van der Waals surface area contributed by atoms with Crippen molar-refractivity contribution >= 4 is 34.6 Å². The highest BCUT2D eigenvalue weighted by Crippen LogP contribution is 2.36. The molecule has 0 aliphatic rings. The third-order valence-corrected chi connectivity index (χ3v) is 4.97. The van der Waals surface area contributed by atoms with E-state index < -0.39 is 0 Å². The fraction of sp³-hybridized carbons (Fsp3) is 0.263. The fourth-order valence-electron chi connectivity index (χ4n) is 2.47. The van der Waals surface area contributed by atoms with Crippen molar-refractivity contribution in [2.24, 2.45) is 0 Å². The summed E-state index contributed by atoms with van der Waals surface area (Å²) >= 11 is 7.43. The largest absolute Gasteiger partial charge is 0.466 e. The Bertz CT molecular complexity index is 900. The molecule has 0 saturated carbocycles. The van der Waals surface area contributed by atoms with Crippen LogP contribution in [0.3, 0.4) is 0 Å². The number of ether oxygens (including phenoxy) is 1. The molecule has 1 aromatic carbocycles. The molecule has 0 amide bonds. The van der Waals surface area contributed by atoms with Crippen molar-refractivity contribution in [2.45, 2.75) is 13.3 Å². The predicted octanol–water partition coefficient (Wildman–Crippen LogP) is 4.90. The minimum atomic E-state index is -0.334. The lowest BCUT2D eigenvalue weighted by Crippen LogP contribution is -2.08. The Balaban J connectivity index is 1.98. The van der Waals surface area contributed by atoms with E-state index in [9.17, 15) is 4.79 Å². The number of rotatable bonds is 6. The third-order valence-electron chi connectivity index (χ3n) is 3.74. The van der Waals surface area contributed by atoms with Crippen molar-refractivity contribution in [3.8, 4) is 22.1 Å². The molecule has 0 unspecified atom stereocenters. The zero-order valence-corrected chi connectivity index (χ0v) is 16.4. The lowest BCUT2D eigenvalue weighted by Gasteiger charge is -2.11. The van der Waals surface area contributed by atoms with E-state index in [0.29, 0.717) is 28.3 Å². The van der Waals surface area contributed by atoms with Gasteiger partial charge in [-0.3, -0.25) is 4.79 Å². The Hall–Kier alpha value is -2.31. The third kappa shape index (κ3) is 4.08. The second-order valence-electron chi connectivity index (χ2n) is 5.82. The van der Waals surface area contributed by atoms with E-state index in [4.69, 9.17) is 20.8 Å². The van der Waals surface area contributed by atoms with Crippen LogP contribution in [0.5, 0.6) is 0 Å². The van der Waals surface area contributed by atoms with Gasteiger partial charge in [0.05, 0.1) is 27.9 Å². The number of carbonyl (C=O) groups excluding carboxylic acids is 1. The Morgan fingerprint density at radius 2 is 1.96 bits per heavy atom. The molecule has 0 saturated heterocycles. The molecular weight excluding hydrogens is 372 g/mol. The van der Waals surface area contributed by atoms with Gasteiger partial charge in [0.15, 0.2) is 5.76 Å². The van der Waals surface area contributed by atoms with Crippen LogP contribution in [0, 0.1) is 0 Å². The number of oxazole rings is 1. The first-order valence-electron chi connectivity index (χ1n) is 8.16. The van der Waals surface area contributed by atoms with E-state index in [1.165, 1.54) is 11.3 Å². The van der Waals surface area contributed by atoms with Gasteiger partial charge in [0.2, 0.25) is 5.89 Å². The molecule has 136 valence electrons. The molecule has 26 heavy (non-hydrogen) atoms. The number of aromatic nitrogens is 1. The quantitative estimate of drug-likeness (QED) is 0.560. The minimum absolute atomic E-state index is 0.0535. The summed E-state index contributed by atoms with van der Waals surface area (Å²) in [6.07, 6.45) is 0.0535. The van der Waals surface area contributed by atoms with Crippen molar-refractivity contribution < 1.29 is 13.9 Å². The van der Waals surface area contributed by atoms with Gasteiger partial charge in [-0.1, -0.05) is 11.6 Å². The molecule has 0 aliphatic carbocycles. The molecule has 5 nitrogen and oxygen atoms in total. The Morgan fingerprint density at radius 3 is 2.54 bits per heavy atom. The molecule has 0 spiro atoms. The lowest BCUT2D eigenvalue weighted by atomic mass is 10.2. The molecule has 0 radical (unpaired) electrons. The molecule has 0 atom stereocenters. The summed E-state index contributed by atoms with van der Waals surface area (Å²) in [6, 6.07) is 11.5. The first-order valence-corrected chi connectivity index (χ1v) is 9.36. The van der Waals surface area contributed by atoms with Crippen LogP contribution in [0.15, 0.2) is 40.8 Å². The van der Waals surface area contributed by atoms with Crippen LogP contribution in [0.2, 0.25) is 4.34 Å². The standard InChI is InChI=1S/C19H19ClN2O3S/c1-4-24-17(23)11-14-18(15-9-10-16(20)26-15)25-19(21-14)12-5-7-13(8-6-12)22(2)3/h5-10H,4,11H2,1-3H3. The van der Waals surface area contributed by atoms with E-state index in [2.05, 4.69) is 4.98 Å². The summed E-state index contributed by atoms with van der Waals surface area (Å²) in [5.41, 5.74) is 2.47. The molecule has 0 bridgehead atoms. The molecule has 0 fully saturated rings. The van der Waals surface area contributed by atoms with Gasteiger partial charge in [-0.05, 0) is 43.3 Å². The number of thiophene rings is 1. The van der Waals surface area contributed by atoms with Crippen LogP contribution >= 0.6 is 22.9 Å². The molecule has 0 N–H and O–H groups in total. The number of hydrogen-bond acceptors (Lipinski definition) is 6. The predicted molar refractivity (Wildman–Crippen MR) is 105 cm³/mol. The van der Waals surface area contributed by atoms with E-state index in [0.717, 1.165) is 16.1 Å². The summed E-state index contributed by atoms with van der Waals surface area (Å²) in [5, 5.41) is 0. The zero-order valence-electron chi connectivity index (χ0n) is 14.8. The number of halogens is 1. The molecule has 7 heteroatoms.